The van der Waals surface area contributed by atoms with Gasteiger partial charge in [0, 0.05) is 31.0 Å². The van der Waals surface area contributed by atoms with Crippen LogP contribution in [0.2, 0.25) is 0 Å². The molecule has 28 heavy (non-hydrogen) atoms. The summed E-state index contributed by atoms with van der Waals surface area (Å²) in [4.78, 5) is 18.2. The number of ketones is 1. The number of carbonyl (C=O) groups excluding carboxylic acids is 1. The van der Waals surface area contributed by atoms with E-state index in [1.54, 1.807) is 55.9 Å². The van der Waals surface area contributed by atoms with Crippen LogP contribution < -0.4 is 4.74 Å². The van der Waals surface area contributed by atoms with Gasteiger partial charge in [-0.25, -0.2) is 0 Å². The second kappa shape index (κ2) is 11.4. The Bertz CT molecular complexity index is 692. The maximum atomic E-state index is 12.1. The van der Waals surface area contributed by atoms with Crippen molar-refractivity contribution in [1.29, 1.82) is 0 Å². The molecule has 0 bridgehead atoms. The monoisotopic (exact) mass is 384 g/mol. The molecule has 0 amide bonds. The smallest absolute Gasteiger partial charge is 0.176 e. The summed E-state index contributed by atoms with van der Waals surface area (Å²) in [6.45, 7) is 6.71. The van der Waals surface area contributed by atoms with E-state index in [0.29, 0.717) is 12.1 Å². The van der Waals surface area contributed by atoms with Crippen molar-refractivity contribution < 1.29 is 14.6 Å². The molecule has 2 aromatic rings. The number of phenolic OH excluding ortho intramolecular Hbond substituents is 1. The Morgan fingerprint density at radius 2 is 1.64 bits per heavy atom. The number of hydrogen-bond donors (Lipinski definition) is 1. The van der Waals surface area contributed by atoms with Gasteiger partial charge in [0.05, 0.1) is 13.7 Å². The second-order valence-electron chi connectivity index (χ2n) is 7.00. The molecule has 2 atom stereocenters. The molecule has 0 spiro atoms. The minimum absolute atomic E-state index is 0.162. The molecule has 2 aliphatic rings. The minimum atomic E-state index is 0.162. The number of aromatic hydroxyl groups is 1. The highest BCUT2D eigenvalue weighted by Crippen LogP contribution is 2.37. The topological polar surface area (TPSA) is 62.7 Å². The number of carbonyl (C=O) groups is 1. The van der Waals surface area contributed by atoms with Gasteiger partial charge in [0.25, 0.3) is 0 Å². The molecule has 2 fully saturated rings. The van der Waals surface area contributed by atoms with Gasteiger partial charge in [-0.1, -0.05) is 20.3 Å². The molecule has 1 N–H and O–H groups in total. The maximum absolute atomic E-state index is 12.1. The first-order chi connectivity index (χ1) is 13.7. The molecule has 152 valence electrons. The summed E-state index contributed by atoms with van der Waals surface area (Å²) in [5, 5.41) is 9.21. The van der Waals surface area contributed by atoms with Crippen molar-refractivity contribution in [3.63, 3.8) is 0 Å². The molecule has 2 unspecified atom stereocenters. The lowest BCUT2D eigenvalue weighted by Crippen LogP contribution is -2.28. The number of phenols is 1. The van der Waals surface area contributed by atoms with Crippen LogP contribution in [0.3, 0.4) is 0 Å². The first-order valence-electron chi connectivity index (χ1n) is 10.1. The highest BCUT2D eigenvalue weighted by Gasteiger charge is 2.36. The van der Waals surface area contributed by atoms with Crippen LogP contribution in [0, 0.1) is 11.8 Å². The molecule has 1 aliphatic heterocycles. The van der Waals surface area contributed by atoms with Gasteiger partial charge in [0.2, 0.25) is 0 Å². The summed E-state index contributed by atoms with van der Waals surface area (Å²) in [6, 6.07) is 10.2. The van der Waals surface area contributed by atoms with Crippen molar-refractivity contribution in [3.8, 4) is 11.5 Å². The van der Waals surface area contributed by atoms with E-state index >= 15 is 0 Å². The van der Waals surface area contributed by atoms with Crippen LogP contribution in [0.25, 0.3) is 0 Å². The molecule has 1 saturated heterocycles. The number of aromatic nitrogens is 1. The fourth-order valence-electron chi connectivity index (χ4n) is 3.88. The number of benzene rings is 1. The second-order valence-corrected chi connectivity index (χ2v) is 7.00. The zero-order valence-electron chi connectivity index (χ0n) is 17.2. The predicted octanol–water partition coefficient (Wildman–Crippen LogP) is 4.42. The van der Waals surface area contributed by atoms with Crippen molar-refractivity contribution in [2.75, 3.05) is 26.7 Å². The van der Waals surface area contributed by atoms with Gasteiger partial charge < -0.3 is 9.84 Å². The van der Waals surface area contributed by atoms with Gasteiger partial charge in [-0.2, -0.15) is 0 Å². The molecule has 5 heteroatoms. The number of pyridine rings is 1. The van der Waals surface area contributed by atoms with E-state index in [1.165, 1.54) is 19.3 Å². The van der Waals surface area contributed by atoms with Gasteiger partial charge >= 0.3 is 0 Å². The van der Waals surface area contributed by atoms with Crippen molar-refractivity contribution in [2.45, 2.75) is 33.1 Å². The quantitative estimate of drug-likeness (QED) is 0.791. The zero-order chi connectivity index (χ0) is 20.4. The number of nitrogens with zero attached hydrogens (tertiary/aromatic N) is 2. The molecule has 0 radical (unpaired) electrons. The fraction of sp³-hybridized carbons (Fsp3) is 0.478. The summed E-state index contributed by atoms with van der Waals surface area (Å²) < 4.78 is 4.87. The summed E-state index contributed by atoms with van der Waals surface area (Å²) in [5.74, 6) is 2.88. The Morgan fingerprint density at radius 1 is 1.07 bits per heavy atom. The maximum Gasteiger partial charge on any atom is 0.176 e. The summed E-state index contributed by atoms with van der Waals surface area (Å²) in [6.07, 6.45) is 7.44. The molecule has 1 saturated carbocycles. The van der Waals surface area contributed by atoms with E-state index in [1.807, 2.05) is 13.8 Å². The highest BCUT2D eigenvalue weighted by atomic mass is 16.5. The third-order valence-corrected chi connectivity index (χ3v) is 5.24. The number of likely N-dealkylation sites (tertiary alicyclic amines) is 1. The van der Waals surface area contributed by atoms with E-state index in [2.05, 4.69) is 9.88 Å². The van der Waals surface area contributed by atoms with E-state index in [9.17, 15) is 9.90 Å². The van der Waals surface area contributed by atoms with Crippen molar-refractivity contribution >= 4 is 5.78 Å². The molecule has 1 aromatic heterocycles. The number of ether oxygens (including phenoxy) is 1. The minimum Gasteiger partial charge on any atom is -0.508 e. The standard InChI is InChI=1S/C15H19NO2.C6H7NO.C2H6/c17-14-6-4-11(5-7-14)15(18)10-16-8-12-2-1-3-13(12)9-16;1-8-6-2-4-7-5-3-6;1-2/h4-7,12-13,17H,1-3,8-10H2;2-5H,1H3;1-2H3. The van der Waals surface area contributed by atoms with Crippen LogP contribution in [0.15, 0.2) is 48.8 Å². The van der Waals surface area contributed by atoms with Crippen LogP contribution in [0.4, 0.5) is 0 Å². The van der Waals surface area contributed by atoms with Crippen LogP contribution in [0.1, 0.15) is 43.5 Å². The van der Waals surface area contributed by atoms with E-state index < -0.39 is 0 Å². The first kappa shape index (κ1) is 21.9. The van der Waals surface area contributed by atoms with Gasteiger partial charge in [0.15, 0.2) is 5.78 Å². The van der Waals surface area contributed by atoms with E-state index in [0.717, 1.165) is 30.7 Å². The average molecular weight is 385 g/mol. The summed E-state index contributed by atoms with van der Waals surface area (Å²) in [7, 11) is 1.63. The molecular weight excluding hydrogens is 352 g/mol. The predicted molar refractivity (Wildman–Crippen MR) is 112 cm³/mol. The number of rotatable bonds is 4. The lowest BCUT2D eigenvalue weighted by Gasteiger charge is -2.15. The Balaban J connectivity index is 0.000000236. The Morgan fingerprint density at radius 3 is 2.14 bits per heavy atom. The third-order valence-electron chi connectivity index (χ3n) is 5.24. The van der Waals surface area contributed by atoms with Gasteiger partial charge in [-0.3, -0.25) is 14.7 Å². The summed E-state index contributed by atoms with van der Waals surface area (Å²) >= 11 is 0. The van der Waals surface area contributed by atoms with Gasteiger partial charge in [-0.15, -0.1) is 0 Å². The normalized spacial score (nSPS) is 20.2. The molecule has 1 aliphatic carbocycles. The van der Waals surface area contributed by atoms with Crippen LogP contribution in [-0.2, 0) is 0 Å². The van der Waals surface area contributed by atoms with Crippen LogP contribution in [0.5, 0.6) is 11.5 Å². The Kier molecular flexibility index (Phi) is 8.95. The van der Waals surface area contributed by atoms with Gasteiger partial charge in [0.1, 0.15) is 11.5 Å². The lowest BCUT2D eigenvalue weighted by atomic mass is 10.0. The summed E-state index contributed by atoms with van der Waals surface area (Å²) in [5.41, 5.74) is 0.699. The van der Waals surface area contributed by atoms with Gasteiger partial charge in [-0.05, 0) is 61.1 Å². The molecule has 5 nitrogen and oxygen atoms in total. The van der Waals surface area contributed by atoms with Crippen LogP contribution >= 0.6 is 0 Å². The van der Waals surface area contributed by atoms with Crippen LogP contribution in [-0.4, -0.2) is 47.5 Å². The number of methoxy groups -OCH3 is 1. The van der Waals surface area contributed by atoms with E-state index in [-0.39, 0.29) is 11.5 Å². The number of Topliss-reactive ketones (excluding diaryl/α,β-unsaturated/α-hetero) is 1. The largest absolute Gasteiger partial charge is 0.508 e. The average Bonchev–Trinajstić information content (AvgIpc) is 3.33. The molecule has 4 rings (SSSR count). The third kappa shape index (κ3) is 6.34. The van der Waals surface area contributed by atoms with Crippen molar-refractivity contribution in [2.24, 2.45) is 11.8 Å². The Labute approximate surface area is 168 Å². The zero-order valence-corrected chi connectivity index (χ0v) is 17.2. The van der Waals surface area contributed by atoms with Crippen molar-refractivity contribution in [3.05, 3.63) is 54.4 Å². The SMILES string of the molecule is CC.COc1ccncc1.O=C(CN1CC2CCCC2C1)c1ccc(O)cc1. The highest BCUT2D eigenvalue weighted by molar-refractivity contribution is 5.97. The molecule has 2 heterocycles. The van der Waals surface area contributed by atoms with E-state index in [4.69, 9.17) is 4.74 Å². The fourth-order valence-corrected chi connectivity index (χ4v) is 3.88. The lowest BCUT2D eigenvalue weighted by molar-refractivity contribution is 0.0941. The number of fused-ring (bicyclic) bond motifs is 1. The van der Waals surface area contributed by atoms with Crippen molar-refractivity contribution in [1.82, 2.24) is 9.88 Å². The molecular formula is C23H32N2O3. The number of hydrogen-bond acceptors (Lipinski definition) is 5. The molecule has 1 aromatic carbocycles. The Hall–Kier alpha value is -2.40. The first-order valence-corrected chi connectivity index (χ1v) is 10.1.